The molecule has 0 aromatic carbocycles. The van der Waals surface area contributed by atoms with Crippen LogP contribution in [0.1, 0.15) is 17.8 Å². The van der Waals surface area contributed by atoms with Crippen molar-refractivity contribution < 1.29 is 4.52 Å². The Morgan fingerprint density at radius 2 is 2.33 bits per heavy atom. The van der Waals surface area contributed by atoms with Crippen LogP contribution in [0.4, 0.5) is 0 Å². The van der Waals surface area contributed by atoms with Crippen LogP contribution in [0.3, 0.4) is 0 Å². The first-order valence-corrected chi connectivity index (χ1v) is 5.54. The van der Waals surface area contributed by atoms with Crippen LogP contribution >= 0.6 is 11.3 Å². The molecule has 0 spiro atoms. The zero-order valence-electron chi connectivity index (χ0n) is 8.60. The van der Waals surface area contributed by atoms with Crippen LogP contribution in [0.25, 0.3) is 11.6 Å². The fraction of sp³-hybridized carbons (Fsp3) is 0.444. The molecule has 2 aromatic heterocycles. The van der Waals surface area contributed by atoms with E-state index in [9.17, 15) is 0 Å². The van der Waals surface area contributed by atoms with Gasteiger partial charge in [-0.1, -0.05) is 5.16 Å². The lowest BCUT2D eigenvalue weighted by Crippen LogP contribution is -2.18. The molecule has 0 saturated heterocycles. The van der Waals surface area contributed by atoms with Crippen molar-refractivity contribution in [1.29, 1.82) is 0 Å². The second-order valence-corrected chi connectivity index (χ2v) is 4.51. The molecule has 80 valence electrons. The van der Waals surface area contributed by atoms with Crippen molar-refractivity contribution in [3.8, 4) is 11.6 Å². The molecule has 2 heterocycles. The Kier molecular flexibility index (Phi) is 2.79. The van der Waals surface area contributed by atoms with E-state index in [-0.39, 0.29) is 6.04 Å². The number of nitrogens with zero attached hydrogens (tertiary/aromatic N) is 3. The molecule has 2 aromatic rings. The van der Waals surface area contributed by atoms with Crippen molar-refractivity contribution in [2.75, 3.05) is 0 Å². The summed E-state index contributed by atoms with van der Waals surface area (Å²) in [6, 6.07) is 0.0348. The van der Waals surface area contributed by atoms with Crippen molar-refractivity contribution in [2.45, 2.75) is 26.3 Å². The first-order chi connectivity index (χ1) is 7.15. The van der Waals surface area contributed by atoms with Crippen LogP contribution in [-0.2, 0) is 6.42 Å². The van der Waals surface area contributed by atoms with E-state index < -0.39 is 0 Å². The van der Waals surface area contributed by atoms with Gasteiger partial charge in [-0.15, -0.1) is 11.3 Å². The lowest BCUT2D eigenvalue weighted by Gasteiger charge is -1.96. The highest BCUT2D eigenvalue weighted by Gasteiger charge is 2.12. The van der Waals surface area contributed by atoms with E-state index in [1.807, 2.05) is 19.2 Å². The summed E-state index contributed by atoms with van der Waals surface area (Å²) in [4.78, 5) is 8.48. The maximum absolute atomic E-state index is 5.64. The molecular formula is C9H12N4OS. The Morgan fingerprint density at radius 3 is 2.93 bits per heavy atom. The van der Waals surface area contributed by atoms with E-state index in [2.05, 4.69) is 15.1 Å². The summed E-state index contributed by atoms with van der Waals surface area (Å²) in [5.41, 5.74) is 6.38. The van der Waals surface area contributed by atoms with Crippen LogP contribution in [0.5, 0.6) is 0 Å². The predicted molar refractivity (Wildman–Crippen MR) is 57.5 cm³/mol. The van der Waals surface area contributed by atoms with E-state index in [1.54, 1.807) is 11.3 Å². The molecule has 0 amide bonds. The first-order valence-electron chi connectivity index (χ1n) is 4.66. The molecule has 6 heteroatoms. The van der Waals surface area contributed by atoms with Crippen molar-refractivity contribution in [3.05, 3.63) is 16.2 Å². The minimum absolute atomic E-state index is 0.0348. The second-order valence-electron chi connectivity index (χ2n) is 3.45. The van der Waals surface area contributed by atoms with Gasteiger partial charge in [0.15, 0.2) is 5.82 Å². The van der Waals surface area contributed by atoms with Gasteiger partial charge in [-0.05, 0) is 13.8 Å². The van der Waals surface area contributed by atoms with Gasteiger partial charge in [-0.2, -0.15) is 4.98 Å². The third kappa shape index (κ3) is 2.40. The summed E-state index contributed by atoms with van der Waals surface area (Å²) < 4.78 is 5.09. The highest BCUT2D eigenvalue weighted by molar-refractivity contribution is 7.09. The zero-order chi connectivity index (χ0) is 10.8. The second kappa shape index (κ2) is 4.08. The molecule has 15 heavy (non-hydrogen) atoms. The molecule has 0 aliphatic carbocycles. The maximum Gasteiger partial charge on any atom is 0.277 e. The van der Waals surface area contributed by atoms with Crippen LogP contribution in [-0.4, -0.2) is 21.2 Å². The van der Waals surface area contributed by atoms with Gasteiger partial charge < -0.3 is 10.3 Å². The van der Waals surface area contributed by atoms with E-state index in [0.717, 1.165) is 10.7 Å². The Hall–Kier alpha value is -1.27. The lowest BCUT2D eigenvalue weighted by atomic mass is 10.2. The largest absolute Gasteiger partial charge is 0.332 e. The molecule has 0 radical (unpaired) electrons. The van der Waals surface area contributed by atoms with Gasteiger partial charge in [0.25, 0.3) is 5.89 Å². The molecular weight excluding hydrogens is 212 g/mol. The van der Waals surface area contributed by atoms with Gasteiger partial charge in [0.2, 0.25) is 0 Å². The number of hydrogen-bond donors (Lipinski definition) is 1. The highest BCUT2D eigenvalue weighted by atomic mass is 32.1. The topological polar surface area (TPSA) is 77.8 Å². The van der Waals surface area contributed by atoms with E-state index in [1.165, 1.54) is 0 Å². The minimum Gasteiger partial charge on any atom is -0.332 e. The van der Waals surface area contributed by atoms with Crippen LogP contribution in [0.2, 0.25) is 0 Å². The number of hydrogen-bond acceptors (Lipinski definition) is 6. The average molecular weight is 224 g/mol. The average Bonchev–Trinajstić information content (AvgIpc) is 2.72. The van der Waals surface area contributed by atoms with Crippen LogP contribution in [0.15, 0.2) is 9.90 Å². The molecule has 2 rings (SSSR count). The van der Waals surface area contributed by atoms with Gasteiger partial charge in [0, 0.05) is 17.8 Å². The molecule has 1 atom stereocenters. The summed E-state index contributed by atoms with van der Waals surface area (Å²) in [5.74, 6) is 1.10. The molecule has 0 saturated carbocycles. The van der Waals surface area contributed by atoms with Gasteiger partial charge in [-0.25, -0.2) is 4.98 Å². The van der Waals surface area contributed by atoms with Crippen LogP contribution < -0.4 is 5.73 Å². The smallest absolute Gasteiger partial charge is 0.277 e. The number of thiazole rings is 1. The van der Waals surface area contributed by atoms with Gasteiger partial charge in [0.1, 0.15) is 5.69 Å². The molecule has 0 bridgehead atoms. The fourth-order valence-corrected chi connectivity index (χ4v) is 1.78. The summed E-state index contributed by atoms with van der Waals surface area (Å²) in [5, 5.41) is 6.73. The number of aryl methyl sites for hydroxylation is 1. The quantitative estimate of drug-likeness (QED) is 0.852. The maximum atomic E-state index is 5.64. The standard InChI is InChI=1S/C9H12N4OS/c1-5(10)3-8-12-9(14-13-8)7-4-15-6(2)11-7/h4-5H,3,10H2,1-2H3. The lowest BCUT2D eigenvalue weighted by molar-refractivity contribution is 0.419. The van der Waals surface area contributed by atoms with E-state index in [0.29, 0.717) is 18.1 Å². The van der Waals surface area contributed by atoms with E-state index >= 15 is 0 Å². The third-order valence-corrected chi connectivity index (χ3v) is 2.58. The van der Waals surface area contributed by atoms with Gasteiger partial charge in [0.05, 0.1) is 5.01 Å². The van der Waals surface area contributed by atoms with Crippen LogP contribution in [0, 0.1) is 6.92 Å². The summed E-state index contributed by atoms with van der Waals surface area (Å²) in [6.45, 7) is 3.84. The van der Waals surface area contributed by atoms with Crippen molar-refractivity contribution in [1.82, 2.24) is 15.1 Å². The Morgan fingerprint density at radius 1 is 1.53 bits per heavy atom. The Balaban J connectivity index is 2.20. The number of rotatable bonds is 3. The molecule has 1 unspecified atom stereocenters. The number of nitrogens with two attached hydrogens (primary N) is 1. The zero-order valence-corrected chi connectivity index (χ0v) is 9.41. The first kappa shape index (κ1) is 10.3. The Labute approximate surface area is 91.3 Å². The molecule has 5 nitrogen and oxygen atoms in total. The van der Waals surface area contributed by atoms with Gasteiger partial charge >= 0.3 is 0 Å². The van der Waals surface area contributed by atoms with Gasteiger partial charge in [-0.3, -0.25) is 0 Å². The fourth-order valence-electron chi connectivity index (χ4n) is 1.19. The highest BCUT2D eigenvalue weighted by Crippen LogP contribution is 2.19. The summed E-state index contributed by atoms with van der Waals surface area (Å²) >= 11 is 1.56. The molecule has 0 fully saturated rings. The Bertz CT molecular complexity index is 448. The molecule has 0 aliphatic rings. The molecule has 2 N–H and O–H groups in total. The molecule has 0 aliphatic heterocycles. The normalized spacial score (nSPS) is 13.0. The third-order valence-electron chi connectivity index (χ3n) is 1.81. The van der Waals surface area contributed by atoms with Crippen molar-refractivity contribution in [3.63, 3.8) is 0 Å². The van der Waals surface area contributed by atoms with Crippen molar-refractivity contribution >= 4 is 11.3 Å². The summed E-state index contributed by atoms with van der Waals surface area (Å²) in [6.07, 6.45) is 0.618. The monoisotopic (exact) mass is 224 g/mol. The minimum atomic E-state index is 0.0348. The van der Waals surface area contributed by atoms with Crippen molar-refractivity contribution in [2.24, 2.45) is 5.73 Å². The summed E-state index contributed by atoms with van der Waals surface area (Å²) in [7, 11) is 0. The number of aromatic nitrogens is 3. The predicted octanol–water partition coefficient (Wildman–Crippen LogP) is 1.39. The van der Waals surface area contributed by atoms with E-state index in [4.69, 9.17) is 10.3 Å². The SMILES string of the molecule is Cc1nc(-c2nc(CC(C)N)no2)cs1.